The maximum absolute atomic E-state index is 12.4. The average Bonchev–Trinajstić information content (AvgIpc) is 2.47. The number of phenols is 1. The van der Waals surface area contributed by atoms with Crippen LogP contribution in [0.25, 0.3) is 10.8 Å². The topological polar surface area (TPSA) is 62.2 Å². The number of carbonyl (C=O) groups excluding carboxylic acids is 1. The van der Waals surface area contributed by atoms with E-state index in [9.17, 15) is 9.90 Å². The Kier molecular flexibility index (Phi) is 3.28. The molecule has 2 N–H and O–H groups in total. The van der Waals surface area contributed by atoms with E-state index in [1.165, 1.54) is 6.07 Å². The van der Waals surface area contributed by atoms with Crippen molar-refractivity contribution in [3.8, 4) is 5.75 Å². The van der Waals surface area contributed by atoms with Crippen LogP contribution in [0.15, 0.2) is 54.9 Å². The normalized spacial score (nSPS) is 10.5. The third-order valence-electron chi connectivity index (χ3n) is 3.38. The van der Waals surface area contributed by atoms with Crippen LogP contribution in [0.1, 0.15) is 15.9 Å². The Hall–Kier alpha value is -2.88. The van der Waals surface area contributed by atoms with Crippen LogP contribution in [0.2, 0.25) is 0 Å². The van der Waals surface area contributed by atoms with Gasteiger partial charge in [0.2, 0.25) is 0 Å². The fourth-order valence-electron chi connectivity index (χ4n) is 2.32. The highest BCUT2D eigenvalue weighted by Gasteiger charge is 2.11. The number of rotatable bonds is 2. The van der Waals surface area contributed by atoms with Crippen LogP contribution >= 0.6 is 0 Å². The van der Waals surface area contributed by atoms with Gasteiger partial charge in [-0.25, -0.2) is 0 Å². The maximum Gasteiger partial charge on any atom is 0.255 e. The van der Waals surface area contributed by atoms with Gasteiger partial charge in [-0.3, -0.25) is 9.78 Å². The van der Waals surface area contributed by atoms with Gasteiger partial charge in [0.05, 0.1) is 0 Å². The second kappa shape index (κ2) is 5.25. The predicted octanol–water partition coefficient (Wildman–Crippen LogP) is 3.50. The Morgan fingerprint density at radius 3 is 2.86 bits per heavy atom. The number of aromatic hydroxyl groups is 1. The van der Waals surface area contributed by atoms with E-state index in [-0.39, 0.29) is 11.7 Å². The summed E-state index contributed by atoms with van der Waals surface area (Å²) in [6.45, 7) is 1.79. The number of pyridine rings is 1. The van der Waals surface area contributed by atoms with Gasteiger partial charge in [0.1, 0.15) is 5.75 Å². The first-order valence-electron chi connectivity index (χ1n) is 6.59. The minimum atomic E-state index is -0.197. The first kappa shape index (κ1) is 13.1. The summed E-state index contributed by atoms with van der Waals surface area (Å²) in [4.78, 5) is 16.5. The van der Waals surface area contributed by atoms with E-state index < -0.39 is 0 Å². The highest BCUT2D eigenvalue weighted by molar-refractivity contribution is 6.09. The number of carbonyl (C=O) groups is 1. The van der Waals surface area contributed by atoms with Crippen molar-refractivity contribution in [1.82, 2.24) is 4.98 Å². The third-order valence-corrected chi connectivity index (χ3v) is 3.38. The quantitative estimate of drug-likeness (QED) is 0.754. The fourth-order valence-corrected chi connectivity index (χ4v) is 2.32. The number of phenolic OH excluding ortho intramolecular Hbond substituents is 1. The van der Waals surface area contributed by atoms with Crippen molar-refractivity contribution in [2.24, 2.45) is 0 Å². The van der Waals surface area contributed by atoms with Gasteiger partial charge in [-0.2, -0.15) is 0 Å². The first-order valence-corrected chi connectivity index (χ1v) is 6.59. The Bertz CT molecular complexity index is 823. The summed E-state index contributed by atoms with van der Waals surface area (Å²) in [6, 6.07) is 12.3. The Morgan fingerprint density at radius 2 is 2.05 bits per heavy atom. The summed E-state index contributed by atoms with van der Waals surface area (Å²) < 4.78 is 0. The number of benzene rings is 2. The Morgan fingerprint density at radius 1 is 1.19 bits per heavy atom. The number of nitrogens with one attached hydrogen (secondary N) is 1. The molecule has 1 heterocycles. The maximum atomic E-state index is 12.4. The monoisotopic (exact) mass is 278 g/mol. The lowest BCUT2D eigenvalue weighted by Gasteiger charge is -2.10. The molecule has 0 radical (unpaired) electrons. The molecule has 4 nitrogen and oxygen atoms in total. The third kappa shape index (κ3) is 2.56. The summed E-state index contributed by atoms with van der Waals surface area (Å²) in [5.41, 5.74) is 2.01. The minimum absolute atomic E-state index is 0.153. The zero-order valence-corrected chi connectivity index (χ0v) is 11.5. The number of amides is 1. The molecule has 104 valence electrons. The second-order valence-corrected chi connectivity index (χ2v) is 4.86. The average molecular weight is 278 g/mol. The summed E-state index contributed by atoms with van der Waals surface area (Å²) in [6.07, 6.45) is 3.46. The van der Waals surface area contributed by atoms with E-state index in [0.717, 1.165) is 22.0 Å². The van der Waals surface area contributed by atoms with E-state index in [1.54, 1.807) is 31.5 Å². The smallest absolute Gasteiger partial charge is 0.255 e. The number of hydrogen-bond donors (Lipinski definition) is 2. The number of anilines is 1. The van der Waals surface area contributed by atoms with Gasteiger partial charge in [-0.05, 0) is 42.8 Å². The molecule has 0 aliphatic carbocycles. The largest absolute Gasteiger partial charge is 0.508 e. The van der Waals surface area contributed by atoms with Crippen molar-refractivity contribution in [2.75, 3.05) is 5.32 Å². The molecule has 0 aliphatic rings. The van der Waals surface area contributed by atoms with Crippen LogP contribution in [-0.4, -0.2) is 16.0 Å². The van der Waals surface area contributed by atoms with E-state index in [0.29, 0.717) is 5.56 Å². The van der Waals surface area contributed by atoms with Crippen LogP contribution < -0.4 is 5.32 Å². The van der Waals surface area contributed by atoms with Gasteiger partial charge in [0.15, 0.2) is 0 Å². The molecule has 2 aromatic carbocycles. The lowest BCUT2D eigenvalue weighted by molar-refractivity contribution is 0.102. The van der Waals surface area contributed by atoms with Gasteiger partial charge in [0, 0.05) is 34.4 Å². The van der Waals surface area contributed by atoms with E-state index in [1.807, 2.05) is 24.3 Å². The molecule has 1 aromatic heterocycles. The SMILES string of the molecule is Cc1cc(O)ccc1C(=O)Nc1cccc2cnccc12. The van der Waals surface area contributed by atoms with Crippen LogP contribution in [0.3, 0.4) is 0 Å². The van der Waals surface area contributed by atoms with Gasteiger partial charge in [0.25, 0.3) is 5.91 Å². The number of fused-ring (bicyclic) bond motifs is 1. The zero-order valence-electron chi connectivity index (χ0n) is 11.5. The van der Waals surface area contributed by atoms with E-state index >= 15 is 0 Å². The lowest BCUT2D eigenvalue weighted by atomic mass is 10.1. The summed E-state index contributed by atoms with van der Waals surface area (Å²) in [5.74, 6) is -0.0444. The van der Waals surface area contributed by atoms with Crippen molar-refractivity contribution >= 4 is 22.4 Å². The molecule has 0 spiro atoms. The molecule has 1 amide bonds. The second-order valence-electron chi connectivity index (χ2n) is 4.86. The van der Waals surface area contributed by atoms with Crippen molar-refractivity contribution in [3.63, 3.8) is 0 Å². The van der Waals surface area contributed by atoms with Crippen LogP contribution in [0.5, 0.6) is 5.75 Å². The van der Waals surface area contributed by atoms with Gasteiger partial charge in [-0.1, -0.05) is 12.1 Å². The van der Waals surface area contributed by atoms with Crippen LogP contribution in [0, 0.1) is 6.92 Å². The molecule has 0 saturated carbocycles. The number of aromatic nitrogens is 1. The zero-order chi connectivity index (χ0) is 14.8. The van der Waals surface area contributed by atoms with Gasteiger partial charge < -0.3 is 10.4 Å². The predicted molar refractivity (Wildman–Crippen MR) is 82.5 cm³/mol. The van der Waals surface area contributed by atoms with Crippen molar-refractivity contribution in [1.29, 1.82) is 0 Å². The molecule has 0 atom stereocenters. The molecule has 0 fully saturated rings. The van der Waals surface area contributed by atoms with Crippen molar-refractivity contribution in [3.05, 3.63) is 66.0 Å². The Balaban J connectivity index is 1.97. The highest BCUT2D eigenvalue weighted by atomic mass is 16.3. The van der Waals surface area contributed by atoms with Gasteiger partial charge >= 0.3 is 0 Å². The molecule has 0 saturated heterocycles. The molecule has 4 heteroatoms. The van der Waals surface area contributed by atoms with Crippen molar-refractivity contribution in [2.45, 2.75) is 6.92 Å². The number of nitrogens with zero attached hydrogens (tertiary/aromatic N) is 1. The summed E-state index contributed by atoms with van der Waals surface area (Å²) in [5, 5.41) is 14.2. The molecule has 0 bridgehead atoms. The molecular formula is C17H14N2O2. The molecule has 3 aromatic rings. The molecular weight excluding hydrogens is 264 g/mol. The lowest BCUT2D eigenvalue weighted by Crippen LogP contribution is -2.13. The molecule has 0 aliphatic heterocycles. The number of hydrogen-bond acceptors (Lipinski definition) is 3. The standard InChI is InChI=1S/C17H14N2O2/c1-11-9-13(20)5-6-14(11)17(21)19-16-4-2-3-12-10-18-8-7-15(12)16/h2-10,20H,1H3,(H,19,21). The van der Waals surface area contributed by atoms with Gasteiger partial charge in [-0.15, -0.1) is 0 Å². The van der Waals surface area contributed by atoms with Crippen LogP contribution in [0.4, 0.5) is 5.69 Å². The van der Waals surface area contributed by atoms with Crippen LogP contribution in [-0.2, 0) is 0 Å². The van der Waals surface area contributed by atoms with E-state index in [4.69, 9.17) is 0 Å². The first-order chi connectivity index (χ1) is 10.1. The van der Waals surface area contributed by atoms with E-state index in [2.05, 4.69) is 10.3 Å². The summed E-state index contributed by atoms with van der Waals surface area (Å²) >= 11 is 0. The highest BCUT2D eigenvalue weighted by Crippen LogP contribution is 2.23. The molecule has 0 unspecified atom stereocenters. The summed E-state index contributed by atoms with van der Waals surface area (Å²) in [7, 11) is 0. The Labute approximate surface area is 122 Å². The van der Waals surface area contributed by atoms with Crippen molar-refractivity contribution < 1.29 is 9.90 Å². The number of aryl methyl sites for hydroxylation is 1. The fraction of sp³-hybridized carbons (Fsp3) is 0.0588. The minimum Gasteiger partial charge on any atom is -0.508 e. The molecule has 3 rings (SSSR count). The molecule has 21 heavy (non-hydrogen) atoms.